The van der Waals surface area contributed by atoms with E-state index in [2.05, 4.69) is 15.4 Å². The van der Waals surface area contributed by atoms with Gasteiger partial charge in [-0.25, -0.2) is 0 Å². The second-order valence-electron chi connectivity index (χ2n) is 5.23. The van der Waals surface area contributed by atoms with E-state index in [1.807, 2.05) is 13.0 Å². The van der Waals surface area contributed by atoms with Gasteiger partial charge >= 0.3 is 6.61 Å². The minimum atomic E-state index is -2.98. The molecule has 0 aliphatic heterocycles. The summed E-state index contributed by atoms with van der Waals surface area (Å²) in [7, 11) is 1.34. The Bertz CT molecular complexity index is 780. The molecule has 0 aliphatic rings. The van der Waals surface area contributed by atoms with Gasteiger partial charge in [-0.1, -0.05) is 6.07 Å². The van der Waals surface area contributed by atoms with Crippen molar-refractivity contribution in [2.24, 2.45) is 0 Å². The van der Waals surface area contributed by atoms with Crippen molar-refractivity contribution >= 4 is 23.2 Å². The first-order chi connectivity index (χ1) is 12.4. The second kappa shape index (κ2) is 9.14. The van der Waals surface area contributed by atoms with Gasteiger partial charge in [0.15, 0.2) is 11.5 Å². The highest BCUT2D eigenvalue weighted by atomic mass is 32.1. The zero-order valence-electron chi connectivity index (χ0n) is 14.2. The van der Waals surface area contributed by atoms with Crippen LogP contribution in [-0.4, -0.2) is 32.1 Å². The first-order valence-electron chi connectivity index (χ1n) is 7.62. The molecule has 26 heavy (non-hydrogen) atoms. The molecule has 2 rings (SSSR count). The molecule has 0 spiro atoms. The number of amides is 2. The summed E-state index contributed by atoms with van der Waals surface area (Å²) in [5.41, 5.74) is 0.551. The molecule has 1 aromatic carbocycles. The predicted octanol–water partition coefficient (Wildman–Crippen LogP) is 2.71. The molecule has 2 aromatic rings. The number of halogens is 2. The van der Waals surface area contributed by atoms with E-state index in [4.69, 9.17) is 4.74 Å². The van der Waals surface area contributed by atoms with Crippen molar-refractivity contribution in [3.05, 3.63) is 45.6 Å². The van der Waals surface area contributed by atoms with Crippen molar-refractivity contribution in [1.82, 2.24) is 10.6 Å². The number of methoxy groups -OCH3 is 1. The van der Waals surface area contributed by atoms with Crippen molar-refractivity contribution < 1.29 is 27.8 Å². The van der Waals surface area contributed by atoms with Gasteiger partial charge in [0.05, 0.1) is 18.5 Å². The maximum Gasteiger partial charge on any atom is 0.387 e. The van der Waals surface area contributed by atoms with Crippen LogP contribution >= 0.6 is 11.3 Å². The number of alkyl halides is 2. The summed E-state index contributed by atoms with van der Waals surface area (Å²) in [6, 6.07) is 7.96. The number of hydrogen-bond acceptors (Lipinski definition) is 5. The Hall–Kier alpha value is -2.68. The molecule has 0 saturated carbocycles. The van der Waals surface area contributed by atoms with Crippen LogP contribution in [0.25, 0.3) is 0 Å². The lowest BCUT2D eigenvalue weighted by Gasteiger charge is -2.12. The maximum atomic E-state index is 12.4. The van der Waals surface area contributed by atoms with Gasteiger partial charge in [-0.05, 0) is 36.8 Å². The molecule has 1 heterocycles. The Morgan fingerprint density at radius 2 is 1.92 bits per heavy atom. The highest BCUT2D eigenvalue weighted by molar-refractivity contribution is 7.13. The first kappa shape index (κ1) is 19.6. The lowest BCUT2D eigenvalue weighted by Crippen LogP contribution is -2.36. The number of aryl methyl sites for hydroxylation is 1. The van der Waals surface area contributed by atoms with Crippen LogP contribution in [-0.2, 0) is 11.3 Å². The number of carbonyl (C=O) groups is 2. The van der Waals surface area contributed by atoms with Crippen molar-refractivity contribution in [2.75, 3.05) is 13.7 Å². The Labute approximate surface area is 153 Å². The average Bonchev–Trinajstić information content (AvgIpc) is 3.04. The predicted molar refractivity (Wildman–Crippen MR) is 92.9 cm³/mol. The van der Waals surface area contributed by atoms with Crippen LogP contribution in [0.1, 0.15) is 20.1 Å². The minimum absolute atomic E-state index is 0.0937. The molecule has 0 radical (unpaired) electrons. The Morgan fingerprint density at radius 3 is 2.54 bits per heavy atom. The molecule has 0 fully saturated rings. The van der Waals surface area contributed by atoms with E-state index >= 15 is 0 Å². The van der Waals surface area contributed by atoms with Gasteiger partial charge in [0, 0.05) is 11.4 Å². The first-order valence-corrected chi connectivity index (χ1v) is 8.43. The molecule has 2 amide bonds. The van der Waals surface area contributed by atoms with Gasteiger partial charge in [0.1, 0.15) is 0 Å². The molecule has 9 heteroatoms. The van der Waals surface area contributed by atoms with E-state index < -0.39 is 12.5 Å². The monoisotopic (exact) mass is 384 g/mol. The molecule has 6 nitrogen and oxygen atoms in total. The summed E-state index contributed by atoms with van der Waals surface area (Å²) in [4.78, 5) is 25.2. The van der Waals surface area contributed by atoms with E-state index in [-0.39, 0.29) is 30.5 Å². The van der Waals surface area contributed by atoms with E-state index in [1.165, 1.54) is 30.6 Å². The number of hydrogen-bond donors (Lipinski definition) is 2. The van der Waals surface area contributed by atoms with E-state index in [1.54, 1.807) is 12.1 Å². The lowest BCUT2D eigenvalue weighted by molar-refractivity contribution is -0.120. The SMILES string of the molecule is COc1ccc(CNC(=O)CNC(=O)c2ccc(C)s2)cc1OC(F)F. The topological polar surface area (TPSA) is 76.7 Å². The number of ether oxygens (including phenoxy) is 2. The average molecular weight is 384 g/mol. The highest BCUT2D eigenvalue weighted by Crippen LogP contribution is 2.29. The lowest BCUT2D eigenvalue weighted by atomic mass is 10.2. The molecule has 0 unspecified atom stereocenters. The smallest absolute Gasteiger partial charge is 0.387 e. The summed E-state index contributed by atoms with van der Waals surface area (Å²) in [5.74, 6) is -0.677. The molecule has 2 N–H and O–H groups in total. The van der Waals surface area contributed by atoms with Crippen LogP contribution in [0.4, 0.5) is 8.78 Å². The maximum absolute atomic E-state index is 12.4. The Kier molecular flexibility index (Phi) is 6.90. The fourth-order valence-electron chi connectivity index (χ4n) is 2.09. The van der Waals surface area contributed by atoms with E-state index in [0.29, 0.717) is 10.4 Å². The van der Waals surface area contributed by atoms with Crippen LogP contribution in [0, 0.1) is 6.92 Å². The van der Waals surface area contributed by atoms with Crippen molar-refractivity contribution in [2.45, 2.75) is 20.1 Å². The third kappa shape index (κ3) is 5.69. The number of benzene rings is 1. The molecule has 0 bridgehead atoms. The van der Waals surface area contributed by atoms with Gasteiger partial charge in [0.2, 0.25) is 5.91 Å². The summed E-state index contributed by atoms with van der Waals surface area (Å²) in [5, 5.41) is 5.11. The van der Waals surface area contributed by atoms with Gasteiger partial charge in [-0.2, -0.15) is 8.78 Å². The van der Waals surface area contributed by atoms with Crippen LogP contribution in [0.2, 0.25) is 0 Å². The highest BCUT2D eigenvalue weighted by Gasteiger charge is 2.13. The number of nitrogens with one attached hydrogen (secondary N) is 2. The third-order valence-electron chi connectivity index (χ3n) is 3.31. The third-order valence-corrected chi connectivity index (χ3v) is 4.31. The molecule has 0 saturated heterocycles. The summed E-state index contributed by atoms with van der Waals surface area (Å²) < 4.78 is 34.2. The molecule has 0 aliphatic carbocycles. The number of rotatable bonds is 8. The number of carbonyl (C=O) groups excluding carboxylic acids is 2. The zero-order valence-corrected chi connectivity index (χ0v) is 15.0. The largest absolute Gasteiger partial charge is 0.493 e. The van der Waals surface area contributed by atoms with Crippen LogP contribution in [0.3, 0.4) is 0 Å². The van der Waals surface area contributed by atoms with Crippen molar-refractivity contribution in [1.29, 1.82) is 0 Å². The van der Waals surface area contributed by atoms with Crippen LogP contribution < -0.4 is 20.1 Å². The molecule has 0 atom stereocenters. The Balaban J connectivity index is 1.85. The standard InChI is InChI=1S/C17H18F2N2O4S/c1-10-3-6-14(26-10)16(23)21-9-15(22)20-8-11-4-5-12(24-2)13(7-11)25-17(18)19/h3-7,17H,8-9H2,1-2H3,(H,20,22)(H,21,23). The van der Waals surface area contributed by atoms with E-state index in [9.17, 15) is 18.4 Å². The zero-order chi connectivity index (χ0) is 19.1. The van der Waals surface area contributed by atoms with Gasteiger partial charge in [-0.3, -0.25) is 9.59 Å². The van der Waals surface area contributed by atoms with Gasteiger partial charge < -0.3 is 20.1 Å². The van der Waals surface area contributed by atoms with Crippen molar-refractivity contribution in [3.8, 4) is 11.5 Å². The Morgan fingerprint density at radius 1 is 1.15 bits per heavy atom. The molecule has 1 aromatic heterocycles. The minimum Gasteiger partial charge on any atom is -0.493 e. The molecular formula is C17H18F2N2O4S. The second-order valence-corrected chi connectivity index (χ2v) is 6.52. The summed E-state index contributed by atoms with van der Waals surface area (Å²) in [6.07, 6.45) is 0. The molecular weight excluding hydrogens is 366 g/mol. The van der Waals surface area contributed by atoms with Crippen LogP contribution in [0.5, 0.6) is 11.5 Å². The van der Waals surface area contributed by atoms with Gasteiger partial charge in [-0.15, -0.1) is 11.3 Å². The fourth-order valence-corrected chi connectivity index (χ4v) is 2.87. The normalized spacial score (nSPS) is 10.5. The van der Waals surface area contributed by atoms with Crippen molar-refractivity contribution in [3.63, 3.8) is 0 Å². The summed E-state index contributed by atoms with van der Waals surface area (Å²) >= 11 is 1.34. The van der Waals surface area contributed by atoms with Crippen LogP contribution in [0.15, 0.2) is 30.3 Å². The summed E-state index contributed by atoms with van der Waals surface area (Å²) in [6.45, 7) is -1.19. The fraction of sp³-hybridized carbons (Fsp3) is 0.294. The van der Waals surface area contributed by atoms with Gasteiger partial charge in [0.25, 0.3) is 5.91 Å². The van der Waals surface area contributed by atoms with E-state index in [0.717, 1.165) is 4.88 Å². The quantitative estimate of drug-likeness (QED) is 0.734. The number of thiophene rings is 1. The molecule has 140 valence electrons.